The van der Waals surface area contributed by atoms with Gasteiger partial charge in [0.15, 0.2) is 0 Å². The summed E-state index contributed by atoms with van der Waals surface area (Å²) in [6.07, 6.45) is -1.29. The van der Waals surface area contributed by atoms with Gasteiger partial charge >= 0.3 is 5.97 Å². The van der Waals surface area contributed by atoms with Gasteiger partial charge in [-0.3, -0.25) is 52.7 Å². The minimum absolute atomic E-state index is 0.0117. The summed E-state index contributed by atoms with van der Waals surface area (Å²) in [5.74, 6) is -11.5. The van der Waals surface area contributed by atoms with E-state index in [1.807, 2.05) is 55.4 Å². The number of aliphatic hydroxyl groups excluding tert-OH is 1. The van der Waals surface area contributed by atoms with Gasteiger partial charge in [0.05, 0.1) is 29.2 Å². The van der Waals surface area contributed by atoms with Gasteiger partial charge in [0.1, 0.15) is 66.2 Å². The third kappa shape index (κ3) is 20.9. The fourth-order valence-corrected chi connectivity index (χ4v) is 12.2. The number of carboxylic acid groups (broad SMARTS) is 1. The highest BCUT2D eigenvalue weighted by Crippen LogP contribution is 2.27. The van der Waals surface area contributed by atoms with Gasteiger partial charge in [-0.25, -0.2) is 9.78 Å². The van der Waals surface area contributed by atoms with E-state index in [1.165, 1.54) is 99.8 Å². The van der Waals surface area contributed by atoms with Crippen molar-refractivity contribution in [2.24, 2.45) is 48.5 Å². The highest BCUT2D eigenvalue weighted by atomic mass is 16.4. The van der Waals surface area contributed by atoms with Crippen LogP contribution >= 0.6 is 0 Å². The van der Waals surface area contributed by atoms with Gasteiger partial charge < -0.3 is 70.3 Å². The first kappa shape index (κ1) is 81.5. The molecule has 2 heterocycles. The molecule has 27 nitrogen and oxygen atoms in total. The van der Waals surface area contributed by atoms with Crippen LogP contribution in [0.1, 0.15) is 159 Å². The molecule has 3 rings (SSSR count). The number of aromatic nitrogens is 2. The molecule has 12 atom stereocenters. The first-order chi connectivity index (χ1) is 43.9. The zero-order valence-electron chi connectivity index (χ0n) is 60.9. The van der Waals surface area contributed by atoms with Crippen LogP contribution in [0.4, 0.5) is 0 Å². The van der Waals surface area contributed by atoms with Crippen molar-refractivity contribution < 1.29 is 67.7 Å². The summed E-state index contributed by atoms with van der Waals surface area (Å²) in [5, 5.41) is 33.3. The van der Waals surface area contributed by atoms with Crippen LogP contribution in [-0.4, -0.2) is 247 Å². The number of carbonyl (C=O) groups is 12. The minimum atomic E-state index is -1.78. The average Bonchev–Trinajstić information content (AvgIpc) is 1.77. The molecular weight excluding hydrogens is 1220 g/mol. The van der Waals surface area contributed by atoms with Crippen LogP contribution in [0.15, 0.2) is 18.2 Å². The second-order valence-corrected chi connectivity index (χ2v) is 28.6. The van der Waals surface area contributed by atoms with E-state index >= 15 is 19.2 Å². The average molecular weight is 1340 g/mol. The number of hydrogen-bond acceptors (Lipinski definition) is 14. The van der Waals surface area contributed by atoms with Gasteiger partial charge in [-0.1, -0.05) is 96.9 Å². The van der Waals surface area contributed by atoms with Gasteiger partial charge in [0, 0.05) is 62.8 Å². The number of carboxylic acids is 1. The largest absolute Gasteiger partial charge is 0.478 e. The molecule has 0 bridgehead atoms. The third-order valence-electron chi connectivity index (χ3n) is 18.1. The number of aryl methyl sites for hydroxylation is 1. The molecule has 534 valence electrons. The maximum Gasteiger partial charge on any atom is 0.335 e. The Kier molecular flexibility index (Phi) is 30.3. The standard InChI is InChI=1S/C68H113N13O14/c1-25-45-63(89)74(17)34-53(82)76(19)48(28-35(2)3)60(86)73-54(39(10)11)66(92)77(20)49(29-36(4)5)59(85)69-42(15)58(84)70-43(16)62(88)78(21)50(30-37(6)7)64(90)79(22)51(31-38(8)9)65(91)80(23)55(40(12)13)67(93)81(24)56(61(87)72-45)57(83)41(14)32-52-71-46-27-26-44(68(94)95)33-47(46)75(52)18/h26-27,33,35-43,45,48-51,54-57,83H,25,28-32,34H2,1-24H3,(H,69,85)(H,70,84)(H,72,87)(H,73,86)(H,94,95)/t41-,42+,43-,45+,48+,49+,50+,51+,54+,55+,56+,57-/m1/s1. The van der Waals surface area contributed by atoms with Crippen molar-refractivity contribution in [3.63, 3.8) is 0 Å². The van der Waals surface area contributed by atoms with E-state index < -0.39 is 162 Å². The summed E-state index contributed by atoms with van der Waals surface area (Å²) in [7, 11) is 11.4. The Morgan fingerprint density at radius 2 is 0.968 bits per heavy atom. The van der Waals surface area contributed by atoms with Gasteiger partial charge in [-0.05, 0) is 106 Å². The van der Waals surface area contributed by atoms with Gasteiger partial charge in [0.25, 0.3) is 0 Å². The normalized spacial score (nSPS) is 25.3. The number of aliphatic hydroxyl groups is 1. The zero-order valence-corrected chi connectivity index (χ0v) is 60.9. The molecule has 1 saturated heterocycles. The van der Waals surface area contributed by atoms with Crippen LogP contribution in [0.2, 0.25) is 0 Å². The number of carbonyl (C=O) groups excluding carboxylic acids is 11. The quantitative estimate of drug-likeness (QED) is 0.141. The number of nitrogens with one attached hydrogen (secondary N) is 4. The van der Waals surface area contributed by atoms with Crippen molar-refractivity contribution in [1.29, 1.82) is 0 Å². The number of nitrogens with zero attached hydrogens (tertiary/aromatic N) is 9. The zero-order chi connectivity index (χ0) is 72.9. The fourth-order valence-electron chi connectivity index (χ4n) is 12.2. The summed E-state index contributed by atoms with van der Waals surface area (Å²) in [6, 6.07) is -8.52. The van der Waals surface area contributed by atoms with E-state index in [1.54, 1.807) is 59.2 Å². The first-order valence-corrected chi connectivity index (χ1v) is 33.4. The van der Waals surface area contributed by atoms with Gasteiger partial charge in [-0.2, -0.15) is 0 Å². The number of benzene rings is 1. The summed E-state index contributed by atoms with van der Waals surface area (Å²) < 4.78 is 1.66. The van der Waals surface area contributed by atoms with Gasteiger partial charge in [-0.15, -0.1) is 0 Å². The summed E-state index contributed by atoms with van der Waals surface area (Å²) in [6.45, 7) is 27.1. The maximum atomic E-state index is 15.5. The Hall–Kier alpha value is -7.71. The Labute approximate surface area is 562 Å². The molecule has 6 N–H and O–H groups in total. The highest BCUT2D eigenvalue weighted by Gasteiger charge is 2.46. The minimum Gasteiger partial charge on any atom is -0.478 e. The number of hydrogen-bond donors (Lipinski definition) is 6. The lowest BCUT2D eigenvalue weighted by molar-refractivity contribution is -0.157. The van der Waals surface area contributed by atoms with Crippen molar-refractivity contribution in [3.05, 3.63) is 29.6 Å². The van der Waals surface area contributed by atoms with Gasteiger partial charge in [0.2, 0.25) is 65.0 Å². The van der Waals surface area contributed by atoms with Crippen molar-refractivity contribution in [2.45, 2.75) is 216 Å². The van der Waals surface area contributed by atoms with Crippen molar-refractivity contribution in [1.82, 2.24) is 65.1 Å². The van der Waals surface area contributed by atoms with Crippen LogP contribution < -0.4 is 21.3 Å². The third-order valence-corrected chi connectivity index (χ3v) is 18.1. The Morgan fingerprint density at radius 3 is 1.45 bits per heavy atom. The van der Waals surface area contributed by atoms with Crippen LogP contribution in [-0.2, 0) is 66.2 Å². The van der Waals surface area contributed by atoms with Crippen LogP contribution in [0.25, 0.3) is 11.0 Å². The van der Waals surface area contributed by atoms with Crippen LogP contribution in [0, 0.1) is 41.4 Å². The number of imidazole rings is 1. The maximum absolute atomic E-state index is 15.5. The summed E-state index contributed by atoms with van der Waals surface area (Å²) in [4.78, 5) is 187. The molecule has 11 amide bonds. The van der Waals surface area contributed by atoms with E-state index in [4.69, 9.17) is 4.98 Å². The SMILES string of the molecule is CC[C@@H]1NC(=O)[C@H]([C@H](O)[C@H](C)Cc2nc3ccc(C(=O)O)cc3n2C)N(C)C(=O)[C@H](C(C)C)N(C)C(=O)[C@H](CC(C)C)N(C)C(=O)[C@H](CC(C)C)N(C)C(=O)[C@@H](C)NC(=O)[C@H](C)NC(=O)[C@H](CC(C)C)N(C)C(=O)[C@H](C(C)C)NC(=O)[C@H](CC(C)C)N(C)C(=O)CN(C)C1=O. The predicted octanol–water partition coefficient (Wildman–Crippen LogP) is 3.13. The molecule has 1 aliphatic rings. The second kappa shape index (κ2) is 35.3. The summed E-state index contributed by atoms with van der Waals surface area (Å²) >= 11 is 0. The number of aromatic carboxylic acids is 1. The Bertz CT molecular complexity index is 3070. The molecule has 0 aliphatic carbocycles. The fraction of sp³-hybridized carbons (Fsp3) is 0.721. The monoisotopic (exact) mass is 1340 g/mol. The molecule has 0 saturated carbocycles. The topological polar surface area (TPSA) is 334 Å². The lowest BCUT2D eigenvalue weighted by Gasteiger charge is -2.41. The molecule has 1 aromatic carbocycles. The number of rotatable bonds is 16. The van der Waals surface area contributed by atoms with E-state index in [-0.39, 0.29) is 67.8 Å². The van der Waals surface area contributed by atoms with E-state index in [2.05, 4.69) is 21.3 Å². The number of amides is 11. The molecule has 2 aromatic rings. The molecule has 27 heteroatoms. The highest BCUT2D eigenvalue weighted by molar-refractivity contribution is 6.00. The van der Waals surface area contributed by atoms with E-state index in [0.717, 1.165) is 9.80 Å². The molecule has 1 aromatic heterocycles. The lowest BCUT2D eigenvalue weighted by atomic mass is 9.91. The Morgan fingerprint density at radius 1 is 0.516 bits per heavy atom. The Balaban J connectivity index is 2.35. The smallest absolute Gasteiger partial charge is 0.335 e. The first-order valence-electron chi connectivity index (χ1n) is 33.4. The number of likely N-dealkylation sites (N-methyl/N-ethyl adjacent to an activating group) is 7. The van der Waals surface area contributed by atoms with E-state index in [0.29, 0.717) is 16.9 Å². The molecule has 1 fully saturated rings. The predicted molar refractivity (Wildman–Crippen MR) is 360 cm³/mol. The number of fused-ring (bicyclic) bond motifs is 1. The molecule has 1 aliphatic heterocycles. The lowest BCUT2D eigenvalue weighted by Crippen LogP contribution is -2.63. The summed E-state index contributed by atoms with van der Waals surface area (Å²) in [5.41, 5.74) is 0.960. The second-order valence-electron chi connectivity index (χ2n) is 28.6. The van der Waals surface area contributed by atoms with Crippen molar-refractivity contribution >= 4 is 82.0 Å². The molecule has 0 unspecified atom stereocenters. The van der Waals surface area contributed by atoms with E-state index in [9.17, 15) is 48.6 Å². The molecule has 95 heavy (non-hydrogen) atoms. The van der Waals surface area contributed by atoms with Crippen LogP contribution in [0.3, 0.4) is 0 Å². The molecule has 0 radical (unpaired) electrons. The molecular formula is C68H113N13O14. The van der Waals surface area contributed by atoms with Crippen LogP contribution in [0.5, 0.6) is 0 Å². The van der Waals surface area contributed by atoms with Crippen molar-refractivity contribution in [3.8, 4) is 0 Å². The van der Waals surface area contributed by atoms with Crippen molar-refractivity contribution in [2.75, 3.05) is 55.9 Å². The molecule has 0 spiro atoms.